The summed E-state index contributed by atoms with van der Waals surface area (Å²) in [6.07, 6.45) is 0. The Bertz CT molecular complexity index is 578. The maximum absolute atomic E-state index is 3.25. The summed E-state index contributed by atoms with van der Waals surface area (Å²) in [6.45, 7) is 0. The fourth-order valence-corrected chi connectivity index (χ4v) is 2.52. The molecule has 0 bridgehead atoms. The summed E-state index contributed by atoms with van der Waals surface area (Å²) in [7, 11) is 0. The summed E-state index contributed by atoms with van der Waals surface area (Å²) in [5.41, 5.74) is 2.40. The molecular formula is C14H9S. The maximum atomic E-state index is 3.25. The van der Waals surface area contributed by atoms with Crippen molar-refractivity contribution < 1.29 is 0 Å². The number of fused-ring (bicyclic) bond motifs is 1. The quantitative estimate of drug-likeness (QED) is 0.558. The van der Waals surface area contributed by atoms with Crippen LogP contribution in [-0.2, 0) is 0 Å². The second-order valence-electron chi connectivity index (χ2n) is 3.45. The van der Waals surface area contributed by atoms with Crippen LogP contribution in [0.25, 0.3) is 21.2 Å². The van der Waals surface area contributed by atoms with Gasteiger partial charge in [0.25, 0.3) is 0 Å². The molecule has 0 saturated heterocycles. The molecule has 3 aromatic rings. The zero-order valence-corrected chi connectivity index (χ0v) is 8.92. The van der Waals surface area contributed by atoms with E-state index in [1.807, 2.05) is 18.2 Å². The van der Waals surface area contributed by atoms with Gasteiger partial charge >= 0.3 is 0 Å². The van der Waals surface area contributed by atoms with E-state index in [2.05, 4.69) is 41.8 Å². The highest BCUT2D eigenvalue weighted by molar-refractivity contribution is 7.17. The monoisotopic (exact) mass is 209 g/mol. The van der Waals surface area contributed by atoms with Gasteiger partial charge in [0.2, 0.25) is 0 Å². The van der Waals surface area contributed by atoms with E-state index in [9.17, 15) is 0 Å². The summed E-state index contributed by atoms with van der Waals surface area (Å²) in [5.74, 6) is 0. The van der Waals surface area contributed by atoms with Crippen LogP contribution in [-0.4, -0.2) is 0 Å². The van der Waals surface area contributed by atoms with E-state index in [4.69, 9.17) is 0 Å². The maximum Gasteiger partial charge on any atom is 0.0348 e. The van der Waals surface area contributed by atoms with Gasteiger partial charge in [0.1, 0.15) is 0 Å². The van der Waals surface area contributed by atoms with E-state index in [0.29, 0.717) is 0 Å². The summed E-state index contributed by atoms with van der Waals surface area (Å²) < 4.78 is 1.34. The molecule has 0 unspecified atom stereocenters. The van der Waals surface area contributed by atoms with E-state index in [1.165, 1.54) is 15.6 Å². The van der Waals surface area contributed by atoms with Gasteiger partial charge in [-0.3, -0.25) is 0 Å². The largest absolute Gasteiger partial charge is 0.144 e. The Balaban J connectivity index is 2.19. The Morgan fingerprint density at radius 2 is 2.00 bits per heavy atom. The Kier molecular flexibility index (Phi) is 2.04. The molecule has 2 aromatic carbocycles. The number of benzene rings is 2. The highest BCUT2D eigenvalue weighted by Gasteiger charge is 1.99. The van der Waals surface area contributed by atoms with E-state index < -0.39 is 0 Å². The third-order valence-electron chi connectivity index (χ3n) is 2.48. The Labute approximate surface area is 92.8 Å². The number of hydrogen-bond donors (Lipinski definition) is 0. The van der Waals surface area contributed by atoms with E-state index in [1.54, 1.807) is 11.3 Å². The normalized spacial score (nSPS) is 10.7. The van der Waals surface area contributed by atoms with Gasteiger partial charge < -0.3 is 0 Å². The molecule has 0 fully saturated rings. The molecule has 0 nitrogen and oxygen atoms in total. The van der Waals surface area contributed by atoms with Crippen molar-refractivity contribution in [3.8, 4) is 11.1 Å². The minimum absolute atomic E-state index is 1.16. The highest BCUT2D eigenvalue weighted by Crippen LogP contribution is 2.27. The first-order valence-corrected chi connectivity index (χ1v) is 5.76. The van der Waals surface area contributed by atoms with Crippen molar-refractivity contribution in [1.29, 1.82) is 0 Å². The van der Waals surface area contributed by atoms with Crippen LogP contribution in [0.2, 0.25) is 0 Å². The number of rotatable bonds is 1. The molecule has 1 heteroatoms. The molecule has 15 heavy (non-hydrogen) atoms. The fraction of sp³-hybridized carbons (Fsp3) is 0. The molecule has 71 valence electrons. The van der Waals surface area contributed by atoms with Crippen LogP contribution in [0.15, 0.2) is 53.9 Å². The lowest BCUT2D eigenvalue weighted by Crippen LogP contribution is -1.75. The average Bonchev–Trinajstić information content (AvgIpc) is 2.77. The predicted octanol–water partition coefficient (Wildman–Crippen LogP) is 4.37. The summed E-state index contributed by atoms with van der Waals surface area (Å²) >= 11 is 1.78. The average molecular weight is 209 g/mol. The van der Waals surface area contributed by atoms with Gasteiger partial charge in [-0.1, -0.05) is 36.4 Å². The van der Waals surface area contributed by atoms with E-state index in [0.717, 1.165) is 5.56 Å². The van der Waals surface area contributed by atoms with Gasteiger partial charge in [-0.15, -0.1) is 11.3 Å². The molecule has 3 rings (SSSR count). The molecular weight excluding hydrogens is 200 g/mol. The highest BCUT2D eigenvalue weighted by atomic mass is 32.1. The standard InChI is InChI=1S/C14H9S/c1-2-4-11(5-3-1)13-7-6-12-8-9-15-14(12)10-13/h1-4,6-10H. The topological polar surface area (TPSA) is 0 Å². The zero-order chi connectivity index (χ0) is 10.1. The first-order valence-electron chi connectivity index (χ1n) is 4.88. The van der Waals surface area contributed by atoms with Crippen LogP contribution in [0.3, 0.4) is 0 Å². The second-order valence-corrected chi connectivity index (χ2v) is 4.40. The third kappa shape index (κ3) is 1.55. The molecule has 0 aliphatic heterocycles. The molecule has 1 heterocycles. The van der Waals surface area contributed by atoms with Crippen LogP contribution >= 0.6 is 11.3 Å². The van der Waals surface area contributed by atoms with Crippen molar-refractivity contribution in [3.05, 3.63) is 60.0 Å². The lowest BCUT2D eigenvalue weighted by molar-refractivity contribution is 1.64. The van der Waals surface area contributed by atoms with E-state index >= 15 is 0 Å². The van der Waals surface area contributed by atoms with Crippen molar-refractivity contribution in [2.24, 2.45) is 0 Å². The summed E-state index contributed by atoms with van der Waals surface area (Å²) in [5, 5.41) is 3.45. The molecule has 0 amide bonds. The van der Waals surface area contributed by atoms with Crippen molar-refractivity contribution in [2.45, 2.75) is 0 Å². The molecule has 1 radical (unpaired) electrons. The van der Waals surface area contributed by atoms with Crippen LogP contribution in [0, 0.1) is 6.07 Å². The molecule has 1 aromatic heterocycles. The summed E-state index contributed by atoms with van der Waals surface area (Å²) in [6, 6.07) is 20.0. The van der Waals surface area contributed by atoms with Crippen LogP contribution in [0.5, 0.6) is 0 Å². The van der Waals surface area contributed by atoms with Gasteiger partial charge in [-0.05, 0) is 40.1 Å². The predicted molar refractivity (Wildman–Crippen MR) is 66.1 cm³/mol. The van der Waals surface area contributed by atoms with Crippen molar-refractivity contribution >= 4 is 21.4 Å². The second kappa shape index (κ2) is 3.52. The molecule has 0 atom stereocenters. The van der Waals surface area contributed by atoms with Crippen LogP contribution < -0.4 is 0 Å². The minimum atomic E-state index is 1.16. The molecule has 0 N–H and O–H groups in total. The number of hydrogen-bond acceptors (Lipinski definition) is 1. The lowest BCUT2D eigenvalue weighted by Gasteiger charge is -2.00. The Morgan fingerprint density at radius 1 is 1.00 bits per heavy atom. The first-order chi connectivity index (χ1) is 7.43. The third-order valence-corrected chi connectivity index (χ3v) is 3.36. The summed E-state index contributed by atoms with van der Waals surface area (Å²) in [4.78, 5) is 0. The SMILES string of the molecule is [c]1ccccc1-c1ccc2ccsc2c1. The van der Waals surface area contributed by atoms with Crippen molar-refractivity contribution in [3.63, 3.8) is 0 Å². The van der Waals surface area contributed by atoms with Crippen LogP contribution in [0.1, 0.15) is 0 Å². The van der Waals surface area contributed by atoms with Crippen molar-refractivity contribution in [2.75, 3.05) is 0 Å². The number of thiophene rings is 1. The molecule has 0 spiro atoms. The van der Waals surface area contributed by atoms with Gasteiger partial charge in [0.05, 0.1) is 0 Å². The Morgan fingerprint density at radius 3 is 2.87 bits per heavy atom. The molecule has 0 saturated carbocycles. The lowest BCUT2D eigenvalue weighted by atomic mass is 10.1. The van der Waals surface area contributed by atoms with Gasteiger partial charge in [-0.25, -0.2) is 0 Å². The molecule has 0 aliphatic rings. The van der Waals surface area contributed by atoms with Crippen LogP contribution in [0.4, 0.5) is 0 Å². The molecule has 0 aliphatic carbocycles. The fourth-order valence-electron chi connectivity index (χ4n) is 1.70. The minimum Gasteiger partial charge on any atom is -0.144 e. The zero-order valence-electron chi connectivity index (χ0n) is 8.10. The first kappa shape index (κ1) is 8.69. The van der Waals surface area contributed by atoms with Gasteiger partial charge in [0, 0.05) is 4.70 Å². The smallest absolute Gasteiger partial charge is 0.0348 e. The van der Waals surface area contributed by atoms with Crippen molar-refractivity contribution in [1.82, 2.24) is 0 Å². The van der Waals surface area contributed by atoms with Gasteiger partial charge in [-0.2, -0.15) is 0 Å². The van der Waals surface area contributed by atoms with E-state index in [-0.39, 0.29) is 0 Å². The Hall–Kier alpha value is -1.60. The van der Waals surface area contributed by atoms with Gasteiger partial charge in [0.15, 0.2) is 0 Å².